The number of hydrogen-bond acceptors (Lipinski definition) is 2. The Bertz CT molecular complexity index is 399. The molecule has 0 unspecified atom stereocenters. The summed E-state index contributed by atoms with van der Waals surface area (Å²) in [5, 5.41) is 3.36. The Labute approximate surface area is 117 Å². The summed E-state index contributed by atoms with van der Waals surface area (Å²) in [6.07, 6.45) is 4.82. The molecule has 98 valence electrons. The largest absolute Gasteiger partial charge is 0.317 e. The Hall–Kier alpha value is -0.670. The van der Waals surface area contributed by atoms with Crippen LogP contribution in [-0.4, -0.2) is 18.9 Å². The molecule has 0 aliphatic carbocycles. The number of carbonyl (C=O) groups is 1. The molecule has 1 heterocycles. The molecule has 2 nitrogen and oxygen atoms in total. The molecule has 3 heteroatoms. The van der Waals surface area contributed by atoms with Crippen LogP contribution in [0.3, 0.4) is 0 Å². The van der Waals surface area contributed by atoms with Gasteiger partial charge >= 0.3 is 0 Å². The number of hydrogen-bond donors (Lipinski definition) is 1. The van der Waals surface area contributed by atoms with Gasteiger partial charge in [0.05, 0.1) is 0 Å². The Morgan fingerprint density at radius 2 is 2.11 bits per heavy atom. The molecule has 1 aromatic rings. The summed E-state index contributed by atoms with van der Waals surface area (Å²) in [6.45, 7) is 2.23. The normalized spacial score (nSPS) is 16.7. The molecule has 18 heavy (non-hydrogen) atoms. The van der Waals surface area contributed by atoms with Crippen LogP contribution in [0.1, 0.15) is 31.2 Å². The van der Waals surface area contributed by atoms with E-state index in [1.807, 2.05) is 24.3 Å². The quantitative estimate of drug-likeness (QED) is 0.904. The minimum atomic E-state index is 0.367. The highest BCUT2D eigenvalue weighted by atomic mass is 79.9. The van der Waals surface area contributed by atoms with Gasteiger partial charge in [0, 0.05) is 17.3 Å². The minimum absolute atomic E-state index is 0.367. The van der Waals surface area contributed by atoms with Gasteiger partial charge in [-0.3, -0.25) is 4.79 Å². The first-order chi connectivity index (χ1) is 8.74. The van der Waals surface area contributed by atoms with Crippen molar-refractivity contribution in [2.75, 3.05) is 13.1 Å². The van der Waals surface area contributed by atoms with Crippen molar-refractivity contribution in [3.8, 4) is 0 Å². The van der Waals surface area contributed by atoms with Crippen LogP contribution in [0.25, 0.3) is 0 Å². The smallest absolute Gasteiger partial charge is 0.137 e. The zero-order valence-electron chi connectivity index (χ0n) is 10.6. The van der Waals surface area contributed by atoms with Crippen molar-refractivity contribution >= 4 is 21.7 Å². The van der Waals surface area contributed by atoms with E-state index in [1.165, 1.54) is 12.8 Å². The third-order valence-electron chi connectivity index (χ3n) is 3.58. The first kappa shape index (κ1) is 13.8. The molecule has 1 N–H and O–H groups in total. The molecule has 0 aromatic heterocycles. The van der Waals surface area contributed by atoms with Crippen molar-refractivity contribution in [2.24, 2.45) is 5.92 Å². The first-order valence-electron chi connectivity index (χ1n) is 6.71. The predicted octanol–water partition coefficient (Wildman–Crippen LogP) is 3.34. The summed E-state index contributed by atoms with van der Waals surface area (Å²) in [5.74, 6) is 1.12. The van der Waals surface area contributed by atoms with Crippen LogP contribution in [0.4, 0.5) is 0 Å². The van der Waals surface area contributed by atoms with Crippen LogP contribution in [0.2, 0.25) is 0 Å². The number of halogens is 1. The Kier molecular flexibility index (Phi) is 5.39. The zero-order chi connectivity index (χ0) is 12.8. The molecule has 0 atom stereocenters. The number of Topliss-reactive ketones (excluding diaryl/α,β-unsaturated/α-hetero) is 1. The fourth-order valence-electron chi connectivity index (χ4n) is 2.50. The molecule has 1 saturated heterocycles. The standard InChI is InChI=1S/C15H20BrNO/c16-14-3-1-2-13(10-14)11-15(18)5-4-12-6-8-17-9-7-12/h1-3,10,12,17H,4-9,11H2. The topological polar surface area (TPSA) is 29.1 Å². The van der Waals surface area contributed by atoms with Gasteiger partial charge in [0.15, 0.2) is 0 Å². The first-order valence-corrected chi connectivity index (χ1v) is 7.50. The van der Waals surface area contributed by atoms with E-state index in [0.29, 0.717) is 12.2 Å². The van der Waals surface area contributed by atoms with Crippen LogP contribution in [0.15, 0.2) is 28.7 Å². The fraction of sp³-hybridized carbons (Fsp3) is 0.533. The fourth-order valence-corrected chi connectivity index (χ4v) is 2.95. The minimum Gasteiger partial charge on any atom is -0.317 e. The lowest BCUT2D eigenvalue weighted by Gasteiger charge is -2.22. The molecule has 1 fully saturated rings. The number of nitrogens with one attached hydrogen (secondary N) is 1. The van der Waals surface area contributed by atoms with Gasteiger partial charge in [-0.05, 0) is 56.0 Å². The maximum absolute atomic E-state index is 11.9. The van der Waals surface area contributed by atoms with Crippen LogP contribution in [0.5, 0.6) is 0 Å². The van der Waals surface area contributed by atoms with E-state index in [0.717, 1.165) is 41.9 Å². The van der Waals surface area contributed by atoms with Gasteiger partial charge in [-0.15, -0.1) is 0 Å². The number of rotatable bonds is 5. The highest BCUT2D eigenvalue weighted by molar-refractivity contribution is 9.10. The average Bonchev–Trinajstić information content (AvgIpc) is 2.38. The van der Waals surface area contributed by atoms with Crippen molar-refractivity contribution in [2.45, 2.75) is 32.1 Å². The summed E-state index contributed by atoms with van der Waals surface area (Å²) in [6, 6.07) is 8.03. The molecule has 2 rings (SSSR count). The van der Waals surface area contributed by atoms with Gasteiger partial charge in [-0.25, -0.2) is 0 Å². The zero-order valence-corrected chi connectivity index (χ0v) is 12.2. The van der Waals surface area contributed by atoms with Gasteiger partial charge in [0.2, 0.25) is 0 Å². The monoisotopic (exact) mass is 309 g/mol. The molecule has 0 radical (unpaired) electrons. The van der Waals surface area contributed by atoms with Gasteiger partial charge in [0.1, 0.15) is 5.78 Å². The Balaban J connectivity index is 1.74. The van der Waals surface area contributed by atoms with Crippen molar-refractivity contribution in [1.82, 2.24) is 5.32 Å². The highest BCUT2D eigenvalue weighted by Crippen LogP contribution is 2.19. The Morgan fingerprint density at radius 3 is 2.83 bits per heavy atom. The van der Waals surface area contributed by atoms with E-state index in [1.54, 1.807) is 0 Å². The second-order valence-corrected chi connectivity index (χ2v) is 5.99. The predicted molar refractivity (Wildman–Crippen MR) is 77.7 cm³/mol. The molecule has 1 aliphatic heterocycles. The number of ketones is 1. The molecule has 1 aliphatic rings. The number of carbonyl (C=O) groups excluding carboxylic acids is 1. The molecule has 0 spiro atoms. The lowest BCUT2D eigenvalue weighted by atomic mass is 9.91. The van der Waals surface area contributed by atoms with E-state index in [4.69, 9.17) is 0 Å². The second-order valence-electron chi connectivity index (χ2n) is 5.08. The summed E-state index contributed by atoms with van der Waals surface area (Å²) in [4.78, 5) is 11.9. The van der Waals surface area contributed by atoms with Gasteiger partial charge in [-0.1, -0.05) is 28.1 Å². The summed E-state index contributed by atoms with van der Waals surface area (Å²) in [7, 11) is 0. The van der Waals surface area contributed by atoms with Crippen LogP contribution >= 0.6 is 15.9 Å². The van der Waals surface area contributed by atoms with Crippen molar-refractivity contribution in [3.05, 3.63) is 34.3 Å². The summed E-state index contributed by atoms with van der Waals surface area (Å²) >= 11 is 3.44. The molecule has 0 amide bonds. The van der Waals surface area contributed by atoms with Crippen molar-refractivity contribution < 1.29 is 4.79 Å². The van der Waals surface area contributed by atoms with Crippen LogP contribution < -0.4 is 5.32 Å². The number of benzene rings is 1. The number of piperidine rings is 1. The lowest BCUT2D eigenvalue weighted by Crippen LogP contribution is -2.28. The molecular formula is C15H20BrNO. The van der Waals surface area contributed by atoms with E-state index < -0.39 is 0 Å². The maximum Gasteiger partial charge on any atom is 0.137 e. The summed E-state index contributed by atoms with van der Waals surface area (Å²) < 4.78 is 1.05. The molecule has 1 aromatic carbocycles. The van der Waals surface area contributed by atoms with Gasteiger partial charge in [-0.2, -0.15) is 0 Å². The Morgan fingerprint density at radius 1 is 1.33 bits per heavy atom. The maximum atomic E-state index is 11.9. The third kappa shape index (κ3) is 4.54. The van der Waals surface area contributed by atoms with Crippen LogP contribution in [0, 0.1) is 5.92 Å². The van der Waals surface area contributed by atoms with E-state index in [-0.39, 0.29) is 0 Å². The van der Waals surface area contributed by atoms with E-state index in [2.05, 4.69) is 21.2 Å². The molecular weight excluding hydrogens is 290 g/mol. The van der Waals surface area contributed by atoms with Gasteiger partial charge < -0.3 is 5.32 Å². The summed E-state index contributed by atoms with van der Waals surface area (Å²) in [5.41, 5.74) is 1.11. The van der Waals surface area contributed by atoms with Gasteiger partial charge in [0.25, 0.3) is 0 Å². The average molecular weight is 310 g/mol. The molecule has 0 saturated carbocycles. The van der Waals surface area contributed by atoms with Crippen molar-refractivity contribution in [3.63, 3.8) is 0 Å². The third-order valence-corrected chi connectivity index (χ3v) is 4.07. The van der Waals surface area contributed by atoms with E-state index >= 15 is 0 Å². The van der Waals surface area contributed by atoms with Crippen LogP contribution in [-0.2, 0) is 11.2 Å². The SMILES string of the molecule is O=C(CCC1CCNCC1)Cc1cccc(Br)c1. The molecule has 0 bridgehead atoms. The van der Waals surface area contributed by atoms with Crippen molar-refractivity contribution in [1.29, 1.82) is 0 Å². The second kappa shape index (κ2) is 7.05. The highest BCUT2D eigenvalue weighted by Gasteiger charge is 2.14. The lowest BCUT2D eigenvalue weighted by molar-refractivity contribution is -0.118. The van der Waals surface area contributed by atoms with E-state index in [9.17, 15) is 4.79 Å².